The molecule has 0 heterocycles. The molecule has 0 spiro atoms. The van der Waals surface area contributed by atoms with Crippen molar-refractivity contribution in [2.24, 2.45) is 5.73 Å². The minimum absolute atomic E-state index is 0.000122. The van der Waals surface area contributed by atoms with Gasteiger partial charge in [0.2, 0.25) is 0 Å². The predicted molar refractivity (Wildman–Crippen MR) is 81.3 cm³/mol. The van der Waals surface area contributed by atoms with Gasteiger partial charge < -0.3 is 11.1 Å². The lowest BCUT2D eigenvalue weighted by molar-refractivity contribution is -0.289. The number of nitrogens with one attached hydrogen (secondary N) is 1. The maximum absolute atomic E-state index is 13.5. The van der Waals surface area contributed by atoms with Crippen molar-refractivity contribution in [2.45, 2.75) is 24.8 Å². The van der Waals surface area contributed by atoms with Crippen molar-refractivity contribution in [3.05, 3.63) is 45.1 Å². The van der Waals surface area contributed by atoms with Crippen LogP contribution in [0.2, 0.25) is 10.0 Å². The van der Waals surface area contributed by atoms with Crippen molar-refractivity contribution >= 4 is 29.1 Å². The molecular weight excluding hydrogens is 411 g/mol. The highest BCUT2D eigenvalue weighted by Gasteiger charge is 2.74. The summed E-state index contributed by atoms with van der Waals surface area (Å²) in [6.45, 7) is 0.673. The van der Waals surface area contributed by atoms with Crippen LogP contribution in [0.5, 0.6) is 0 Å². The molecule has 1 rings (SSSR count). The third kappa shape index (κ3) is 3.83. The van der Waals surface area contributed by atoms with Crippen LogP contribution in [0.15, 0.2) is 29.5 Å². The topological polar surface area (TPSA) is 78.9 Å². The monoisotopic (exact) mass is 419 g/mol. The molecule has 0 unspecified atom stereocenters. The second kappa shape index (κ2) is 7.25. The summed E-state index contributed by atoms with van der Waals surface area (Å²) in [6, 6.07) is 3.61. The summed E-state index contributed by atoms with van der Waals surface area (Å²) in [4.78, 5) is 12.1. The molecule has 4 nitrogen and oxygen atoms in total. The first-order valence-electron chi connectivity index (χ1n) is 6.47. The molecule has 1 aromatic rings. The van der Waals surface area contributed by atoms with Crippen LogP contribution in [0.3, 0.4) is 0 Å². The number of carbonyl (C=O) groups is 1. The minimum Gasteiger partial charge on any atom is -0.401 e. The van der Waals surface area contributed by atoms with E-state index in [4.69, 9.17) is 34.2 Å². The first kappa shape index (κ1) is 21.9. The number of halogens is 8. The van der Waals surface area contributed by atoms with Crippen molar-refractivity contribution in [2.75, 3.05) is 0 Å². The second-order valence-corrected chi connectivity index (χ2v) is 5.84. The van der Waals surface area contributed by atoms with Crippen LogP contribution in [0.25, 0.3) is 0 Å². The van der Waals surface area contributed by atoms with Gasteiger partial charge in [0.15, 0.2) is 0 Å². The smallest absolute Gasteiger partial charge is 0.401 e. The number of hydrogen-bond donors (Lipinski definition) is 2. The summed E-state index contributed by atoms with van der Waals surface area (Å²) in [5.41, 5.74) is -3.65. The Morgan fingerprint density at radius 3 is 2.00 bits per heavy atom. The average Bonchev–Trinajstić information content (AvgIpc) is 2.43. The number of carbonyl (C=O) groups excluding carboxylic acids is 1. The van der Waals surface area contributed by atoms with E-state index in [9.17, 15) is 31.1 Å². The van der Waals surface area contributed by atoms with Gasteiger partial charge in [-0.1, -0.05) is 23.2 Å². The number of hydrogen-bond acceptors (Lipinski definition) is 3. The Morgan fingerprint density at radius 2 is 1.65 bits per heavy atom. The zero-order valence-corrected chi connectivity index (χ0v) is 14.2. The molecule has 0 aliphatic heterocycles. The van der Waals surface area contributed by atoms with Crippen molar-refractivity contribution in [3.8, 4) is 6.07 Å². The molecule has 0 aromatic heterocycles. The zero-order chi connectivity index (χ0) is 20.5. The molecule has 1 aromatic carbocycles. The highest BCUT2D eigenvalue weighted by atomic mass is 35.5. The van der Waals surface area contributed by atoms with E-state index < -0.39 is 45.7 Å². The highest BCUT2D eigenvalue weighted by Crippen LogP contribution is 2.48. The first-order chi connectivity index (χ1) is 11.7. The van der Waals surface area contributed by atoms with E-state index in [1.54, 1.807) is 0 Å². The molecule has 0 atom stereocenters. The Hall–Kier alpha value is -2.12. The van der Waals surface area contributed by atoms with Crippen LogP contribution in [-0.4, -0.2) is 23.8 Å². The van der Waals surface area contributed by atoms with Crippen LogP contribution in [0, 0.1) is 11.3 Å². The Labute approximate surface area is 153 Å². The van der Waals surface area contributed by atoms with Crippen molar-refractivity contribution < 1.29 is 31.1 Å². The van der Waals surface area contributed by atoms with E-state index in [-0.39, 0.29) is 5.02 Å². The number of nitrogens with zero attached hydrogens (tertiary/aromatic N) is 1. The molecular formula is C14H9Cl2F6N3O. The number of nitrogens with two attached hydrogens (primary N) is 1. The number of allylic oxidation sites excluding steroid dienone is 1. The number of alkyl halides is 6. The Balaban J connectivity index is 3.69. The lowest BCUT2D eigenvalue weighted by Crippen LogP contribution is -2.69. The fraction of sp³-hybridized carbons (Fsp3) is 0.286. The Kier molecular flexibility index (Phi) is 6.11. The van der Waals surface area contributed by atoms with E-state index in [2.05, 4.69) is 0 Å². The summed E-state index contributed by atoms with van der Waals surface area (Å²) >= 11 is 11.2. The molecule has 0 fully saturated rings. The molecule has 0 aliphatic carbocycles. The molecule has 26 heavy (non-hydrogen) atoms. The van der Waals surface area contributed by atoms with E-state index in [1.165, 1.54) is 0 Å². The van der Waals surface area contributed by atoms with Gasteiger partial charge in [-0.15, -0.1) is 0 Å². The molecule has 0 saturated carbocycles. The van der Waals surface area contributed by atoms with Gasteiger partial charge in [0, 0.05) is 10.7 Å². The Bertz CT molecular complexity index is 777. The largest absolute Gasteiger partial charge is 0.425 e. The van der Waals surface area contributed by atoms with E-state index in [1.807, 2.05) is 0 Å². The van der Waals surface area contributed by atoms with E-state index >= 15 is 0 Å². The van der Waals surface area contributed by atoms with E-state index in [0.29, 0.717) is 6.92 Å². The van der Waals surface area contributed by atoms with Crippen LogP contribution >= 0.6 is 23.2 Å². The SMILES string of the molecule is C/C(N)=C(/C#N)C(NC(=O)c1ccc(Cl)cc1Cl)(C(F)(F)F)C(F)(F)F. The summed E-state index contributed by atoms with van der Waals surface area (Å²) in [5.74, 6) is -1.82. The quantitative estimate of drug-likeness (QED) is 0.564. The van der Waals surface area contributed by atoms with E-state index in [0.717, 1.165) is 29.6 Å². The maximum Gasteiger partial charge on any atom is 0.425 e. The number of nitriles is 1. The second-order valence-electron chi connectivity index (χ2n) is 4.99. The lowest BCUT2D eigenvalue weighted by Gasteiger charge is -2.37. The molecule has 0 bridgehead atoms. The van der Waals surface area contributed by atoms with Crippen molar-refractivity contribution in [1.29, 1.82) is 5.26 Å². The third-order valence-corrected chi connectivity index (χ3v) is 3.76. The summed E-state index contributed by atoms with van der Waals surface area (Å²) in [7, 11) is 0. The van der Waals surface area contributed by atoms with Gasteiger partial charge in [0.05, 0.1) is 22.2 Å². The summed E-state index contributed by atoms with van der Waals surface area (Å²) in [6.07, 6.45) is -12.3. The number of benzene rings is 1. The first-order valence-corrected chi connectivity index (χ1v) is 7.22. The van der Waals surface area contributed by atoms with Crippen LogP contribution < -0.4 is 11.1 Å². The van der Waals surface area contributed by atoms with Crippen molar-refractivity contribution in [3.63, 3.8) is 0 Å². The Morgan fingerprint density at radius 1 is 1.15 bits per heavy atom. The van der Waals surface area contributed by atoms with Crippen LogP contribution in [-0.2, 0) is 0 Å². The standard InChI is InChI=1S/C14H9Cl2F6N3O/c1-6(24)9(5-23)12(13(17,18)19,14(20,21)22)25-11(26)8-3-2-7(15)4-10(8)16/h2-4H,24H2,1H3,(H,25,26)/b9-6+. The number of rotatable bonds is 3. The van der Waals surface area contributed by atoms with Crippen molar-refractivity contribution in [1.82, 2.24) is 5.32 Å². The zero-order valence-electron chi connectivity index (χ0n) is 12.7. The lowest BCUT2D eigenvalue weighted by atomic mass is 9.86. The van der Waals surface area contributed by atoms with Gasteiger partial charge in [0.1, 0.15) is 0 Å². The number of amides is 1. The predicted octanol–water partition coefficient (Wildman–Crippen LogP) is 4.34. The fourth-order valence-electron chi connectivity index (χ4n) is 2.03. The summed E-state index contributed by atoms with van der Waals surface area (Å²) in [5, 5.41) is 9.21. The minimum atomic E-state index is -6.13. The normalized spacial score (nSPS) is 13.7. The van der Waals surface area contributed by atoms with Gasteiger partial charge >= 0.3 is 12.4 Å². The maximum atomic E-state index is 13.5. The van der Waals surface area contributed by atoms with Crippen LogP contribution in [0.4, 0.5) is 26.3 Å². The van der Waals surface area contributed by atoms with Gasteiger partial charge in [-0.3, -0.25) is 4.79 Å². The van der Waals surface area contributed by atoms with Crippen LogP contribution in [0.1, 0.15) is 17.3 Å². The highest BCUT2D eigenvalue weighted by molar-refractivity contribution is 6.36. The van der Waals surface area contributed by atoms with Gasteiger partial charge in [-0.25, -0.2) is 0 Å². The third-order valence-electron chi connectivity index (χ3n) is 3.21. The van der Waals surface area contributed by atoms with Gasteiger partial charge in [-0.2, -0.15) is 31.6 Å². The fourth-order valence-corrected chi connectivity index (χ4v) is 2.52. The molecule has 3 N–H and O–H groups in total. The molecule has 142 valence electrons. The summed E-state index contributed by atoms with van der Waals surface area (Å²) < 4.78 is 80.9. The molecule has 12 heteroatoms. The molecule has 1 amide bonds. The molecule has 0 aliphatic rings. The molecule has 0 saturated heterocycles. The van der Waals surface area contributed by atoms with Gasteiger partial charge in [-0.05, 0) is 25.1 Å². The average molecular weight is 420 g/mol. The van der Waals surface area contributed by atoms with Gasteiger partial charge in [0.25, 0.3) is 11.4 Å². The molecule has 0 radical (unpaired) electrons.